The molecule has 0 bridgehead atoms. The molecule has 0 radical (unpaired) electrons. The smallest absolute Gasteiger partial charge is 0.0753 e. The van der Waals surface area contributed by atoms with Crippen LogP contribution in [0, 0.1) is 52.3 Å². The Labute approximate surface area is 186 Å². The molecule has 30 heavy (non-hydrogen) atoms. The van der Waals surface area contributed by atoms with Gasteiger partial charge in [0, 0.05) is 5.92 Å². The Kier molecular flexibility index (Phi) is 6.20. The maximum absolute atomic E-state index is 11.9. The predicted molar refractivity (Wildman–Crippen MR) is 125 cm³/mol. The summed E-state index contributed by atoms with van der Waals surface area (Å²) >= 11 is 0. The lowest BCUT2D eigenvalue weighted by molar-refractivity contribution is -0.246. The molecular weight excluding hydrogens is 368 g/mol. The van der Waals surface area contributed by atoms with Crippen LogP contribution in [-0.2, 0) is 0 Å². The first-order valence-electron chi connectivity index (χ1n) is 13.4. The minimum Gasteiger partial charge on any atom is -0.393 e. The van der Waals surface area contributed by atoms with Gasteiger partial charge in [-0.25, -0.2) is 0 Å². The van der Waals surface area contributed by atoms with Gasteiger partial charge in [0.25, 0.3) is 0 Å². The summed E-state index contributed by atoms with van der Waals surface area (Å²) in [6, 6.07) is 0. The minimum absolute atomic E-state index is 0.00311. The zero-order chi connectivity index (χ0) is 21.9. The third-order valence-corrected chi connectivity index (χ3v) is 11.6. The molecule has 2 heteroatoms. The first kappa shape index (κ1) is 23.1. The zero-order valence-electron chi connectivity index (χ0n) is 20.8. The number of rotatable bonds is 5. The Morgan fingerprint density at radius 2 is 1.60 bits per heavy atom. The van der Waals surface area contributed by atoms with Crippen LogP contribution in [0.3, 0.4) is 0 Å². The maximum atomic E-state index is 11.9. The summed E-state index contributed by atoms with van der Waals surface area (Å²) < 4.78 is 0. The second-order valence-electron chi connectivity index (χ2n) is 13.2. The van der Waals surface area contributed by atoms with Crippen molar-refractivity contribution in [2.45, 2.75) is 124 Å². The van der Waals surface area contributed by atoms with Gasteiger partial charge < -0.3 is 10.2 Å². The average Bonchev–Trinajstić information content (AvgIpc) is 3.04. The summed E-state index contributed by atoms with van der Waals surface area (Å²) in [4.78, 5) is 0. The lowest BCUT2D eigenvalue weighted by atomic mass is 9.41. The van der Waals surface area contributed by atoms with Crippen molar-refractivity contribution in [2.24, 2.45) is 52.3 Å². The van der Waals surface area contributed by atoms with Crippen molar-refractivity contribution in [3.8, 4) is 0 Å². The van der Waals surface area contributed by atoms with E-state index in [1.165, 1.54) is 51.4 Å². The highest BCUT2D eigenvalue weighted by Gasteiger charge is 2.66. The molecule has 0 aromatic rings. The number of hydrogen-bond acceptors (Lipinski definition) is 2. The monoisotopic (exact) mass is 418 g/mol. The fourth-order valence-corrected chi connectivity index (χ4v) is 9.66. The van der Waals surface area contributed by atoms with E-state index in [1.54, 1.807) is 0 Å². The van der Waals surface area contributed by atoms with Gasteiger partial charge in [-0.2, -0.15) is 0 Å². The van der Waals surface area contributed by atoms with Crippen molar-refractivity contribution in [2.75, 3.05) is 0 Å². The maximum Gasteiger partial charge on any atom is 0.0753 e. The molecule has 0 aliphatic heterocycles. The van der Waals surface area contributed by atoms with Crippen LogP contribution in [0.5, 0.6) is 0 Å². The van der Waals surface area contributed by atoms with E-state index in [9.17, 15) is 10.2 Å². The van der Waals surface area contributed by atoms with Crippen molar-refractivity contribution in [3.63, 3.8) is 0 Å². The highest BCUT2D eigenvalue weighted by molar-refractivity contribution is 5.16. The molecule has 4 rings (SSSR count). The second kappa shape index (κ2) is 8.05. The van der Waals surface area contributed by atoms with Crippen molar-refractivity contribution in [1.29, 1.82) is 0 Å². The van der Waals surface area contributed by atoms with Gasteiger partial charge in [0.15, 0.2) is 0 Å². The molecule has 0 aromatic heterocycles. The Morgan fingerprint density at radius 1 is 0.867 bits per heavy atom. The van der Waals surface area contributed by atoms with Gasteiger partial charge in [0.05, 0.1) is 11.7 Å². The van der Waals surface area contributed by atoms with Gasteiger partial charge in [-0.1, -0.05) is 60.8 Å². The Hall–Kier alpha value is -0.0800. The molecule has 4 saturated carbocycles. The highest BCUT2D eigenvalue weighted by atomic mass is 16.3. The Morgan fingerprint density at radius 3 is 2.30 bits per heavy atom. The van der Waals surface area contributed by atoms with E-state index < -0.39 is 5.60 Å². The fourth-order valence-electron chi connectivity index (χ4n) is 9.66. The molecule has 0 amide bonds. The van der Waals surface area contributed by atoms with Crippen molar-refractivity contribution in [3.05, 3.63) is 0 Å². The second-order valence-corrected chi connectivity index (χ2v) is 13.2. The van der Waals surface area contributed by atoms with Gasteiger partial charge in [-0.3, -0.25) is 0 Å². The number of fused-ring (bicyclic) bond motifs is 5. The number of aliphatic hydroxyl groups excluding tert-OH is 1. The molecule has 0 aromatic carbocycles. The van der Waals surface area contributed by atoms with Gasteiger partial charge in [-0.05, 0) is 97.7 Å². The van der Waals surface area contributed by atoms with E-state index in [2.05, 4.69) is 41.5 Å². The quantitative estimate of drug-likeness (QED) is 0.513. The molecule has 4 aliphatic rings. The lowest BCUT2D eigenvalue weighted by Gasteiger charge is -2.65. The average molecular weight is 419 g/mol. The fraction of sp³-hybridized carbons (Fsp3) is 1.00. The van der Waals surface area contributed by atoms with Crippen LogP contribution in [0.15, 0.2) is 0 Å². The molecule has 0 saturated heterocycles. The molecule has 174 valence electrons. The summed E-state index contributed by atoms with van der Waals surface area (Å²) in [5.41, 5.74) is -0.150. The molecule has 4 aliphatic carbocycles. The van der Waals surface area contributed by atoms with Crippen LogP contribution in [0.4, 0.5) is 0 Å². The standard InChI is InChI=1S/C28H50O2/c1-18(2)8-7-9-19(3)22-10-11-23-21-12-17-28(30)20(4)25(29)14-16-27(28,6)24(21)13-15-26(22,23)5/h18-25,29-30H,7-17H2,1-6H3. The van der Waals surface area contributed by atoms with Crippen LogP contribution in [0.2, 0.25) is 0 Å². The topological polar surface area (TPSA) is 40.5 Å². The zero-order valence-corrected chi connectivity index (χ0v) is 20.8. The highest BCUT2D eigenvalue weighted by Crippen LogP contribution is 2.69. The van der Waals surface area contributed by atoms with E-state index in [0.29, 0.717) is 11.3 Å². The lowest BCUT2D eigenvalue weighted by Crippen LogP contribution is -2.66. The van der Waals surface area contributed by atoms with Crippen molar-refractivity contribution < 1.29 is 10.2 Å². The van der Waals surface area contributed by atoms with Crippen molar-refractivity contribution >= 4 is 0 Å². The molecule has 0 spiro atoms. The summed E-state index contributed by atoms with van der Waals surface area (Å²) in [5, 5.41) is 22.4. The molecule has 2 nitrogen and oxygen atoms in total. The minimum atomic E-state index is -0.665. The number of aliphatic hydroxyl groups is 2. The van der Waals surface area contributed by atoms with E-state index in [4.69, 9.17) is 0 Å². The van der Waals surface area contributed by atoms with Crippen LogP contribution in [0.25, 0.3) is 0 Å². The third kappa shape index (κ3) is 3.33. The molecule has 2 N–H and O–H groups in total. The summed E-state index contributed by atoms with van der Waals surface area (Å²) in [6.07, 6.45) is 13.3. The largest absolute Gasteiger partial charge is 0.393 e. The molecule has 4 fully saturated rings. The van der Waals surface area contributed by atoms with E-state index in [0.717, 1.165) is 48.9 Å². The normalized spacial score (nSPS) is 51.9. The van der Waals surface area contributed by atoms with E-state index in [-0.39, 0.29) is 17.4 Å². The summed E-state index contributed by atoms with van der Waals surface area (Å²) in [5.74, 6) is 4.91. The number of hydrogen-bond donors (Lipinski definition) is 2. The third-order valence-electron chi connectivity index (χ3n) is 11.6. The van der Waals surface area contributed by atoms with Gasteiger partial charge in [0.1, 0.15) is 0 Å². The van der Waals surface area contributed by atoms with E-state index in [1.807, 2.05) is 0 Å². The van der Waals surface area contributed by atoms with Gasteiger partial charge in [0.2, 0.25) is 0 Å². The van der Waals surface area contributed by atoms with Gasteiger partial charge >= 0.3 is 0 Å². The van der Waals surface area contributed by atoms with E-state index >= 15 is 0 Å². The molecular formula is C28H50O2. The van der Waals surface area contributed by atoms with Crippen LogP contribution < -0.4 is 0 Å². The Bertz CT molecular complexity index is 616. The summed E-state index contributed by atoms with van der Waals surface area (Å²) in [7, 11) is 0. The van der Waals surface area contributed by atoms with Crippen LogP contribution in [0.1, 0.15) is 112 Å². The first-order valence-corrected chi connectivity index (χ1v) is 13.4. The Balaban J connectivity index is 1.51. The SMILES string of the molecule is CC(C)CCCC(C)C1CCC2C3CCC4(O)C(C)C(O)CCC4(C)C3CCC12C. The summed E-state index contributed by atoms with van der Waals surface area (Å²) in [6.45, 7) is 14.4. The molecule has 0 heterocycles. The first-order chi connectivity index (χ1) is 14.0. The van der Waals surface area contributed by atoms with Crippen molar-refractivity contribution in [1.82, 2.24) is 0 Å². The van der Waals surface area contributed by atoms with Crippen LogP contribution >= 0.6 is 0 Å². The van der Waals surface area contributed by atoms with Crippen LogP contribution in [-0.4, -0.2) is 21.9 Å². The molecule has 10 atom stereocenters. The van der Waals surface area contributed by atoms with Gasteiger partial charge in [-0.15, -0.1) is 0 Å². The molecule has 10 unspecified atom stereocenters. The predicted octanol–water partition coefficient (Wildman–Crippen LogP) is 6.83.